The van der Waals surface area contributed by atoms with Crippen LogP contribution in [-0.4, -0.2) is 29.2 Å². The number of rotatable bonds is 5. The van der Waals surface area contributed by atoms with Crippen molar-refractivity contribution in [2.24, 2.45) is 0 Å². The lowest BCUT2D eigenvalue weighted by Gasteiger charge is -2.09. The highest BCUT2D eigenvalue weighted by atomic mass is 16.5. The first-order valence-electron chi connectivity index (χ1n) is 6.27. The van der Waals surface area contributed by atoms with E-state index in [-0.39, 0.29) is 11.6 Å². The van der Waals surface area contributed by atoms with Crippen LogP contribution in [0.3, 0.4) is 0 Å². The summed E-state index contributed by atoms with van der Waals surface area (Å²) >= 11 is 0. The maximum atomic E-state index is 11.6. The fraction of sp³-hybridized carbons (Fsp3) is 0.286. The smallest absolute Gasteiger partial charge is 0.358 e. The van der Waals surface area contributed by atoms with Gasteiger partial charge in [0.25, 0.3) is 0 Å². The maximum absolute atomic E-state index is 11.6. The molecule has 0 unspecified atom stereocenters. The van der Waals surface area contributed by atoms with Gasteiger partial charge in [-0.15, -0.1) is 0 Å². The normalized spacial score (nSPS) is 10.3. The lowest BCUT2D eigenvalue weighted by molar-refractivity contribution is 0.0520. The molecule has 0 radical (unpaired) electrons. The second kappa shape index (κ2) is 6.10. The van der Waals surface area contributed by atoms with Gasteiger partial charge in [0.15, 0.2) is 5.69 Å². The van der Waals surface area contributed by atoms with Crippen molar-refractivity contribution in [3.05, 3.63) is 41.7 Å². The van der Waals surface area contributed by atoms with Crippen LogP contribution in [0.25, 0.3) is 0 Å². The first-order valence-corrected chi connectivity index (χ1v) is 6.27. The molecule has 1 aromatic heterocycles. The number of methoxy groups -OCH3 is 1. The van der Waals surface area contributed by atoms with Gasteiger partial charge < -0.3 is 19.8 Å². The van der Waals surface area contributed by atoms with Gasteiger partial charge in [0.05, 0.1) is 20.3 Å². The number of carbonyl (C=O) groups is 1. The van der Waals surface area contributed by atoms with E-state index < -0.39 is 5.97 Å². The van der Waals surface area contributed by atoms with E-state index in [9.17, 15) is 4.79 Å². The molecule has 0 fully saturated rings. The summed E-state index contributed by atoms with van der Waals surface area (Å²) in [6.07, 6.45) is 1.58. The van der Waals surface area contributed by atoms with Crippen LogP contribution in [0.4, 0.5) is 5.95 Å². The molecule has 6 heteroatoms. The van der Waals surface area contributed by atoms with E-state index in [0.717, 1.165) is 11.3 Å². The molecule has 0 atom stereocenters. The first kappa shape index (κ1) is 13.9. The van der Waals surface area contributed by atoms with Crippen molar-refractivity contribution in [1.82, 2.24) is 9.55 Å². The zero-order valence-corrected chi connectivity index (χ0v) is 11.5. The number of anilines is 1. The number of aromatic nitrogens is 2. The molecule has 0 saturated carbocycles. The van der Waals surface area contributed by atoms with E-state index in [2.05, 4.69) is 4.98 Å². The number of imidazole rings is 1. The van der Waals surface area contributed by atoms with Gasteiger partial charge >= 0.3 is 5.97 Å². The largest absolute Gasteiger partial charge is 0.496 e. The number of nitrogens with zero attached hydrogens (tertiary/aromatic N) is 2. The van der Waals surface area contributed by atoms with E-state index in [1.54, 1.807) is 24.8 Å². The molecular weight excluding hydrogens is 258 g/mol. The van der Waals surface area contributed by atoms with Gasteiger partial charge in [-0.1, -0.05) is 18.2 Å². The molecule has 1 heterocycles. The van der Waals surface area contributed by atoms with Crippen molar-refractivity contribution in [2.45, 2.75) is 13.5 Å². The van der Waals surface area contributed by atoms with Gasteiger partial charge in [-0.25, -0.2) is 9.78 Å². The fourth-order valence-electron chi connectivity index (χ4n) is 1.88. The van der Waals surface area contributed by atoms with Gasteiger partial charge in [-0.2, -0.15) is 0 Å². The molecule has 0 bridgehead atoms. The van der Waals surface area contributed by atoms with Gasteiger partial charge in [0.1, 0.15) is 5.75 Å². The standard InChI is InChI=1S/C14H17N3O3/c1-3-20-13(18)11-9-17(14(15)16-11)8-10-6-4-5-7-12(10)19-2/h4-7,9H,3,8H2,1-2H3,(H2,15,16). The van der Waals surface area contributed by atoms with Crippen molar-refractivity contribution in [3.8, 4) is 5.75 Å². The summed E-state index contributed by atoms with van der Waals surface area (Å²) in [5.74, 6) is 0.551. The fourth-order valence-corrected chi connectivity index (χ4v) is 1.88. The second-order valence-electron chi connectivity index (χ2n) is 4.14. The third kappa shape index (κ3) is 2.90. The molecular formula is C14H17N3O3. The third-order valence-corrected chi connectivity index (χ3v) is 2.83. The Balaban J connectivity index is 2.23. The number of para-hydroxylation sites is 1. The number of nitrogen functional groups attached to an aromatic ring is 1. The molecule has 0 spiro atoms. The Labute approximate surface area is 117 Å². The van der Waals surface area contributed by atoms with E-state index >= 15 is 0 Å². The summed E-state index contributed by atoms with van der Waals surface area (Å²) in [5.41, 5.74) is 6.98. The van der Waals surface area contributed by atoms with E-state index in [1.807, 2.05) is 24.3 Å². The van der Waals surface area contributed by atoms with Crippen molar-refractivity contribution in [3.63, 3.8) is 0 Å². The Bertz CT molecular complexity index is 607. The van der Waals surface area contributed by atoms with Crippen LogP contribution in [0.1, 0.15) is 23.0 Å². The Morgan fingerprint density at radius 2 is 2.15 bits per heavy atom. The average molecular weight is 275 g/mol. The topological polar surface area (TPSA) is 79.4 Å². The molecule has 2 rings (SSSR count). The molecule has 0 aliphatic carbocycles. The summed E-state index contributed by atoms with van der Waals surface area (Å²) in [7, 11) is 1.61. The summed E-state index contributed by atoms with van der Waals surface area (Å²) in [4.78, 5) is 15.6. The highest BCUT2D eigenvalue weighted by molar-refractivity contribution is 5.87. The highest BCUT2D eigenvalue weighted by Crippen LogP contribution is 2.20. The Morgan fingerprint density at radius 3 is 2.85 bits per heavy atom. The van der Waals surface area contributed by atoms with Crippen LogP contribution < -0.4 is 10.5 Å². The number of carbonyl (C=O) groups excluding carboxylic acids is 1. The number of nitrogens with two attached hydrogens (primary N) is 1. The lowest BCUT2D eigenvalue weighted by atomic mass is 10.2. The zero-order chi connectivity index (χ0) is 14.5. The molecule has 2 N–H and O–H groups in total. The van der Waals surface area contributed by atoms with Gasteiger partial charge in [0.2, 0.25) is 5.95 Å². The Kier molecular flexibility index (Phi) is 4.24. The Hall–Kier alpha value is -2.50. The van der Waals surface area contributed by atoms with Crippen LogP contribution >= 0.6 is 0 Å². The summed E-state index contributed by atoms with van der Waals surface area (Å²) < 4.78 is 11.9. The van der Waals surface area contributed by atoms with Crippen molar-refractivity contribution >= 4 is 11.9 Å². The molecule has 20 heavy (non-hydrogen) atoms. The predicted molar refractivity (Wildman–Crippen MR) is 74.7 cm³/mol. The number of hydrogen-bond donors (Lipinski definition) is 1. The van der Waals surface area contributed by atoms with Crippen molar-refractivity contribution in [2.75, 3.05) is 19.5 Å². The minimum absolute atomic E-state index is 0.208. The average Bonchev–Trinajstić information content (AvgIpc) is 2.81. The lowest BCUT2D eigenvalue weighted by Crippen LogP contribution is -2.05. The maximum Gasteiger partial charge on any atom is 0.358 e. The van der Waals surface area contributed by atoms with Gasteiger partial charge in [0, 0.05) is 11.8 Å². The number of hydrogen-bond acceptors (Lipinski definition) is 5. The summed E-state index contributed by atoms with van der Waals surface area (Å²) in [5, 5.41) is 0. The molecule has 0 amide bonds. The Morgan fingerprint density at radius 1 is 1.40 bits per heavy atom. The second-order valence-corrected chi connectivity index (χ2v) is 4.14. The SMILES string of the molecule is CCOC(=O)c1cn(Cc2ccccc2OC)c(N)n1. The van der Waals surface area contributed by atoms with Crippen molar-refractivity contribution < 1.29 is 14.3 Å². The molecule has 1 aromatic carbocycles. The molecule has 0 aliphatic rings. The van der Waals surface area contributed by atoms with Crippen LogP contribution in [0.5, 0.6) is 5.75 Å². The van der Waals surface area contributed by atoms with Gasteiger partial charge in [-0.3, -0.25) is 0 Å². The first-order chi connectivity index (χ1) is 9.65. The molecule has 0 aliphatic heterocycles. The minimum Gasteiger partial charge on any atom is -0.496 e. The number of ether oxygens (including phenoxy) is 2. The van der Waals surface area contributed by atoms with E-state index in [4.69, 9.17) is 15.2 Å². The molecule has 6 nitrogen and oxygen atoms in total. The molecule has 106 valence electrons. The van der Waals surface area contributed by atoms with Crippen LogP contribution in [0, 0.1) is 0 Å². The van der Waals surface area contributed by atoms with E-state index in [1.165, 1.54) is 0 Å². The summed E-state index contributed by atoms with van der Waals surface area (Å²) in [6.45, 7) is 2.52. The minimum atomic E-state index is -0.474. The highest BCUT2D eigenvalue weighted by Gasteiger charge is 2.14. The van der Waals surface area contributed by atoms with Crippen LogP contribution in [0.2, 0.25) is 0 Å². The van der Waals surface area contributed by atoms with Crippen molar-refractivity contribution in [1.29, 1.82) is 0 Å². The summed E-state index contributed by atoms with van der Waals surface area (Å²) in [6, 6.07) is 7.61. The monoisotopic (exact) mass is 275 g/mol. The molecule has 0 saturated heterocycles. The zero-order valence-electron chi connectivity index (χ0n) is 11.5. The van der Waals surface area contributed by atoms with Crippen LogP contribution in [0.15, 0.2) is 30.5 Å². The predicted octanol–water partition coefficient (Wildman–Crippen LogP) is 1.70. The molecule has 2 aromatic rings. The van der Waals surface area contributed by atoms with Gasteiger partial charge in [-0.05, 0) is 13.0 Å². The quantitative estimate of drug-likeness (QED) is 0.840. The van der Waals surface area contributed by atoms with E-state index in [0.29, 0.717) is 13.2 Å². The number of esters is 1. The van der Waals surface area contributed by atoms with Crippen LogP contribution in [-0.2, 0) is 11.3 Å². The third-order valence-electron chi connectivity index (χ3n) is 2.83. The number of benzene rings is 1.